The number of hydrogen-bond donors (Lipinski definition) is 1. The van der Waals surface area contributed by atoms with Crippen LogP contribution in [0.25, 0.3) is 0 Å². The summed E-state index contributed by atoms with van der Waals surface area (Å²) in [5.74, 6) is 0.603. The predicted molar refractivity (Wildman–Crippen MR) is 62.2 cm³/mol. The monoisotopic (exact) mass is 191 g/mol. The molecule has 0 saturated carbocycles. The van der Waals surface area contributed by atoms with Crippen LogP contribution in [0.2, 0.25) is 0 Å². The second-order valence-electron chi connectivity index (χ2n) is 4.29. The molecule has 14 heavy (non-hydrogen) atoms. The minimum Gasteiger partial charge on any atom is -0.327 e. The van der Waals surface area contributed by atoms with E-state index >= 15 is 0 Å². The summed E-state index contributed by atoms with van der Waals surface area (Å²) in [6.45, 7) is 4.38. The van der Waals surface area contributed by atoms with Crippen LogP contribution < -0.4 is 5.73 Å². The van der Waals surface area contributed by atoms with Crippen LogP contribution >= 0.6 is 0 Å². The van der Waals surface area contributed by atoms with Crippen LogP contribution in [0.15, 0.2) is 30.3 Å². The highest BCUT2D eigenvalue weighted by Crippen LogP contribution is 2.09. The SMILES string of the molecule is CC(C)C(N)CCCc1ccccc1. The van der Waals surface area contributed by atoms with Gasteiger partial charge in [0.2, 0.25) is 0 Å². The Bertz CT molecular complexity index is 241. The fourth-order valence-electron chi connectivity index (χ4n) is 1.52. The lowest BCUT2D eigenvalue weighted by Gasteiger charge is -2.14. The zero-order valence-corrected chi connectivity index (χ0v) is 9.24. The molecular formula is C13H21N. The number of nitrogens with two attached hydrogens (primary N) is 1. The number of hydrogen-bond acceptors (Lipinski definition) is 1. The summed E-state index contributed by atoms with van der Waals surface area (Å²) in [7, 11) is 0. The summed E-state index contributed by atoms with van der Waals surface area (Å²) >= 11 is 0. The Balaban J connectivity index is 2.22. The minimum atomic E-state index is 0.360. The van der Waals surface area contributed by atoms with Gasteiger partial charge in [-0.25, -0.2) is 0 Å². The molecule has 1 unspecified atom stereocenters. The topological polar surface area (TPSA) is 26.0 Å². The fraction of sp³-hybridized carbons (Fsp3) is 0.538. The van der Waals surface area contributed by atoms with Gasteiger partial charge < -0.3 is 5.73 Å². The van der Waals surface area contributed by atoms with E-state index in [2.05, 4.69) is 44.2 Å². The van der Waals surface area contributed by atoms with E-state index in [0.29, 0.717) is 12.0 Å². The molecule has 0 amide bonds. The maximum Gasteiger partial charge on any atom is 0.00620 e. The Kier molecular flexibility index (Phi) is 4.68. The lowest BCUT2D eigenvalue weighted by molar-refractivity contribution is 0.452. The van der Waals surface area contributed by atoms with Crippen molar-refractivity contribution in [2.45, 2.75) is 39.2 Å². The molecule has 1 atom stereocenters. The number of rotatable bonds is 5. The third kappa shape index (κ3) is 3.93. The Morgan fingerprint density at radius 1 is 1.14 bits per heavy atom. The summed E-state index contributed by atoms with van der Waals surface area (Å²) in [6.07, 6.45) is 3.48. The van der Waals surface area contributed by atoms with E-state index in [0.717, 1.165) is 12.8 Å². The molecule has 1 aromatic carbocycles. The van der Waals surface area contributed by atoms with Crippen molar-refractivity contribution in [3.63, 3.8) is 0 Å². The smallest absolute Gasteiger partial charge is 0.00620 e. The van der Waals surface area contributed by atoms with E-state index in [4.69, 9.17) is 5.73 Å². The molecule has 1 aromatic rings. The van der Waals surface area contributed by atoms with Crippen molar-refractivity contribution in [3.8, 4) is 0 Å². The summed E-state index contributed by atoms with van der Waals surface area (Å²) in [5, 5.41) is 0. The molecular weight excluding hydrogens is 170 g/mol. The zero-order valence-electron chi connectivity index (χ0n) is 9.24. The second kappa shape index (κ2) is 5.82. The Morgan fingerprint density at radius 3 is 2.36 bits per heavy atom. The summed E-state index contributed by atoms with van der Waals surface area (Å²) in [6, 6.07) is 11.0. The average molecular weight is 191 g/mol. The van der Waals surface area contributed by atoms with Crippen molar-refractivity contribution < 1.29 is 0 Å². The van der Waals surface area contributed by atoms with Crippen LogP contribution in [0.4, 0.5) is 0 Å². The van der Waals surface area contributed by atoms with E-state index < -0.39 is 0 Å². The molecule has 0 aliphatic heterocycles. The first-order valence-corrected chi connectivity index (χ1v) is 5.49. The quantitative estimate of drug-likeness (QED) is 0.760. The molecule has 1 nitrogen and oxygen atoms in total. The maximum absolute atomic E-state index is 5.98. The van der Waals surface area contributed by atoms with Gasteiger partial charge >= 0.3 is 0 Å². The molecule has 0 radical (unpaired) electrons. The van der Waals surface area contributed by atoms with Gasteiger partial charge in [0.25, 0.3) is 0 Å². The standard InChI is InChI=1S/C13H21N/c1-11(2)13(14)10-6-9-12-7-4-3-5-8-12/h3-5,7-8,11,13H,6,9-10,14H2,1-2H3. The van der Waals surface area contributed by atoms with Crippen LogP contribution in [0.1, 0.15) is 32.3 Å². The molecule has 0 fully saturated rings. The van der Waals surface area contributed by atoms with Crippen molar-refractivity contribution in [3.05, 3.63) is 35.9 Å². The van der Waals surface area contributed by atoms with E-state index in [1.165, 1.54) is 12.0 Å². The lowest BCUT2D eigenvalue weighted by Crippen LogP contribution is -2.26. The van der Waals surface area contributed by atoms with Gasteiger partial charge in [-0.1, -0.05) is 44.2 Å². The maximum atomic E-state index is 5.98. The van der Waals surface area contributed by atoms with E-state index in [1.807, 2.05) is 0 Å². The van der Waals surface area contributed by atoms with Gasteiger partial charge in [0.05, 0.1) is 0 Å². The molecule has 78 valence electrons. The molecule has 0 spiro atoms. The van der Waals surface area contributed by atoms with Gasteiger partial charge in [0, 0.05) is 6.04 Å². The van der Waals surface area contributed by atoms with Crippen molar-refractivity contribution in [2.75, 3.05) is 0 Å². The average Bonchev–Trinajstić information content (AvgIpc) is 2.19. The highest BCUT2D eigenvalue weighted by Gasteiger charge is 2.06. The Morgan fingerprint density at radius 2 is 1.79 bits per heavy atom. The molecule has 0 aliphatic rings. The van der Waals surface area contributed by atoms with Gasteiger partial charge in [0.1, 0.15) is 0 Å². The number of aryl methyl sites for hydroxylation is 1. The molecule has 2 N–H and O–H groups in total. The van der Waals surface area contributed by atoms with Crippen molar-refractivity contribution in [2.24, 2.45) is 11.7 Å². The van der Waals surface area contributed by atoms with Crippen molar-refractivity contribution in [1.29, 1.82) is 0 Å². The molecule has 1 heteroatoms. The zero-order chi connectivity index (χ0) is 10.4. The highest BCUT2D eigenvalue weighted by atomic mass is 14.6. The van der Waals surface area contributed by atoms with E-state index in [9.17, 15) is 0 Å². The third-order valence-corrected chi connectivity index (χ3v) is 2.70. The molecule has 0 saturated heterocycles. The number of benzene rings is 1. The Hall–Kier alpha value is -0.820. The summed E-state index contributed by atoms with van der Waals surface area (Å²) in [5.41, 5.74) is 7.40. The molecule has 0 heterocycles. The third-order valence-electron chi connectivity index (χ3n) is 2.70. The first kappa shape index (κ1) is 11.3. The van der Waals surface area contributed by atoms with Gasteiger partial charge in [0.15, 0.2) is 0 Å². The molecule has 0 bridgehead atoms. The first-order valence-electron chi connectivity index (χ1n) is 5.49. The highest BCUT2D eigenvalue weighted by molar-refractivity contribution is 5.14. The van der Waals surface area contributed by atoms with Crippen LogP contribution in [0, 0.1) is 5.92 Å². The normalized spacial score (nSPS) is 13.1. The van der Waals surface area contributed by atoms with E-state index in [1.54, 1.807) is 0 Å². The van der Waals surface area contributed by atoms with Crippen molar-refractivity contribution in [1.82, 2.24) is 0 Å². The fourth-order valence-corrected chi connectivity index (χ4v) is 1.52. The van der Waals surface area contributed by atoms with Gasteiger partial charge in [-0.3, -0.25) is 0 Å². The van der Waals surface area contributed by atoms with Crippen LogP contribution in [0.3, 0.4) is 0 Å². The molecule has 1 rings (SSSR count). The van der Waals surface area contributed by atoms with Crippen LogP contribution in [0.5, 0.6) is 0 Å². The Labute approximate surface area is 87.3 Å². The lowest BCUT2D eigenvalue weighted by atomic mass is 9.98. The van der Waals surface area contributed by atoms with Crippen molar-refractivity contribution >= 4 is 0 Å². The molecule has 0 aromatic heterocycles. The summed E-state index contributed by atoms with van der Waals surface area (Å²) in [4.78, 5) is 0. The van der Waals surface area contributed by atoms with Crippen LogP contribution in [-0.2, 0) is 6.42 Å². The second-order valence-corrected chi connectivity index (χ2v) is 4.29. The summed E-state index contributed by atoms with van der Waals surface area (Å²) < 4.78 is 0. The minimum absolute atomic E-state index is 0.360. The van der Waals surface area contributed by atoms with Crippen LogP contribution in [-0.4, -0.2) is 6.04 Å². The first-order chi connectivity index (χ1) is 6.70. The molecule has 0 aliphatic carbocycles. The predicted octanol–water partition coefficient (Wildman–Crippen LogP) is 2.99. The van der Waals surface area contributed by atoms with Gasteiger partial charge in [-0.2, -0.15) is 0 Å². The largest absolute Gasteiger partial charge is 0.327 e. The van der Waals surface area contributed by atoms with Gasteiger partial charge in [-0.05, 0) is 30.7 Å². The van der Waals surface area contributed by atoms with Gasteiger partial charge in [-0.15, -0.1) is 0 Å². The van der Waals surface area contributed by atoms with E-state index in [-0.39, 0.29) is 0 Å².